The summed E-state index contributed by atoms with van der Waals surface area (Å²) in [6.07, 6.45) is 5.74. The molecule has 0 radical (unpaired) electrons. The molecule has 5 nitrogen and oxygen atoms in total. The van der Waals surface area contributed by atoms with Crippen molar-refractivity contribution < 1.29 is 4.79 Å². The summed E-state index contributed by atoms with van der Waals surface area (Å²) in [5.41, 5.74) is 0.599. The Morgan fingerprint density at radius 2 is 2.40 bits per heavy atom. The van der Waals surface area contributed by atoms with Crippen molar-refractivity contribution in [3.63, 3.8) is 0 Å². The van der Waals surface area contributed by atoms with Gasteiger partial charge >= 0.3 is 0 Å². The molecule has 0 atom stereocenters. The first-order chi connectivity index (χ1) is 7.27. The lowest BCUT2D eigenvalue weighted by Gasteiger charge is -2.05. The number of carbonyl (C=O) groups is 1. The van der Waals surface area contributed by atoms with Crippen LogP contribution in [0.25, 0.3) is 0 Å². The molecule has 1 heterocycles. The Labute approximate surface area is 88.9 Å². The van der Waals surface area contributed by atoms with E-state index in [0.29, 0.717) is 18.3 Å². The molecule has 1 aromatic rings. The highest BCUT2D eigenvalue weighted by Gasteiger charge is 2.19. The number of amides is 1. The van der Waals surface area contributed by atoms with Crippen LogP contribution in [0, 0.1) is 0 Å². The van der Waals surface area contributed by atoms with Crippen LogP contribution in [0.4, 0.5) is 0 Å². The minimum atomic E-state index is -0.0624. The average Bonchev–Trinajstić information content (AvgIpc) is 2.94. The summed E-state index contributed by atoms with van der Waals surface area (Å²) in [6, 6.07) is 0.693. The van der Waals surface area contributed by atoms with Gasteiger partial charge in [0.15, 0.2) is 0 Å². The van der Waals surface area contributed by atoms with Crippen LogP contribution in [0.1, 0.15) is 23.3 Å². The van der Waals surface area contributed by atoms with E-state index in [1.165, 1.54) is 12.8 Å². The van der Waals surface area contributed by atoms with Crippen molar-refractivity contribution in [1.82, 2.24) is 20.2 Å². The van der Waals surface area contributed by atoms with Gasteiger partial charge in [-0.05, 0) is 12.8 Å². The second-order valence-electron chi connectivity index (χ2n) is 3.87. The lowest BCUT2D eigenvalue weighted by Crippen LogP contribution is -2.33. The molecule has 0 unspecified atom stereocenters. The molecule has 1 saturated carbocycles. The van der Waals surface area contributed by atoms with E-state index >= 15 is 0 Å². The van der Waals surface area contributed by atoms with Crippen LogP contribution >= 0.6 is 0 Å². The van der Waals surface area contributed by atoms with E-state index in [1.807, 2.05) is 7.05 Å². The normalized spacial score (nSPS) is 15.3. The van der Waals surface area contributed by atoms with Crippen LogP contribution in [0.2, 0.25) is 0 Å². The molecule has 0 saturated heterocycles. The van der Waals surface area contributed by atoms with Crippen molar-refractivity contribution in [2.45, 2.75) is 18.9 Å². The third-order valence-electron chi connectivity index (χ3n) is 2.47. The predicted molar refractivity (Wildman–Crippen MR) is 56.6 cm³/mol. The van der Waals surface area contributed by atoms with Gasteiger partial charge in [-0.25, -0.2) is 4.98 Å². The Kier molecular flexibility index (Phi) is 3.01. The van der Waals surface area contributed by atoms with E-state index in [4.69, 9.17) is 0 Å². The number of nitrogens with zero attached hydrogens (tertiary/aromatic N) is 2. The quantitative estimate of drug-likeness (QED) is 0.664. The zero-order chi connectivity index (χ0) is 10.7. The summed E-state index contributed by atoms with van der Waals surface area (Å²) in [5.74, 6) is -0.0624. The third-order valence-corrected chi connectivity index (χ3v) is 2.47. The number of aromatic nitrogens is 2. The second-order valence-corrected chi connectivity index (χ2v) is 3.87. The minimum Gasteiger partial charge on any atom is -0.349 e. The van der Waals surface area contributed by atoms with E-state index in [0.717, 1.165) is 6.54 Å². The Bertz CT molecular complexity index is 343. The molecular weight excluding hydrogens is 192 g/mol. The Morgan fingerprint density at radius 1 is 1.60 bits per heavy atom. The maximum atomic E-state index is 11.6. The molecule has 1 amide bonds. The topological polar surface area (TPSA) is 59.0 Å². The zero-order valence-corrected chi connectivity index (χ0v) is 8.86. The van der Waals surface area contributed by atoms with Gasteiger partial charge in [0.05, 0.1) is 12.5 Å². The Hall–Kier alpha value is -1.36. The van der Waals surface area contributed by atoms with Crippen LogP contribution in [0.3, 0.4) is 0 Å². The molecule has 15 heavy (non-hydrogen) atoms. The van der Waals surface area contributed by atoms with Crippen molar-refractivity contribution >= 4 is 5.91 Å². The molecule has 0 aliphatic heterocycles. The van der Waals surface area contributed by atoms with E-state index in [1.54, 1.807) is 17.1 Å². The zero-order valence-electron chi connectivity index (χ0n) is 8.86. The smallest absolute Gasteiger partial charge is 0.269 e. The maximum absolute atomic E-state index is 11.6. The average molecular weight is 208 g/mol. The third kappa shape index (κ3) is 2.79. The number of nitrogens with one attached hydrogen (secondary N) is 2. The highest BCUT2D eigenvalue weighted by molar-refractivity contribution is 5.92. The van der Waals surface area contributed by atoms with Crippen LogP contribution in [-0.4, -0.2) is 34.6 Å². The number of rotatable bonds is 5. The SMILES string of the molecule is Cn1cncc1C(=O)NCCNC1CC1. The van der Waals surface area contributed by atoms with Crippen LogP contribution < -0.4 is 10.6 Å². The van der Waals surface area contributed by atoms with E-state index in [-0.39, 0.29) is 5.91 Å². The van der Waals surface area contributed by atoms with Gasteiger partial charge in [-0.1, -0.05) is 0 Å². The molecule has 1 aromatic heterocycles. The molecule has 0 bridgehead atoms. The van der Waals surface area contributed by atoms with Gasteiger partial charge in [0, 0.05) is 26.2 Å². The Morgan fingerprint density at radius 3 is 3.00 bits per heavy atom. The lowest BCUT2D eigenvalue weighted by atomic mass is 10.4. The summed E-state index contributed by atoms with van der Waals surface area (Å²) in [7, 11) is 1.81. The van der Waals surface area contributed by atoms with E-state index in [2.05, 4.69) is 15.6 Å². The van der Waals surface area contributed by atoms with Crippen molar-refractivity contribution in [2.75, 3.05) is 13.1 Å². The van der Waals surface area contributed by atoms with E-state index < -0.39 is 0 Å². The van der Waals surface area contributed by atoms with Crippen molar-refractivity contribution in [3.8, 4) is 0 Å². The van der Waals surface area contributed by atoms with Crippen LogP contribution in [0.15, 0.2) is 12.5 Å². The predicted octanol–water partition coefficient (Wildman–Crippen LogP) is -0.0981. The Balaban J connectivity index is 1.69. The fourth-order valence-electron chi connectivity index (χ4n) is 1.41. The first-order valence-electron chi connectivity index (χ1n) is 5.25. The second kappa shape index (κ2) is 4.44. The first kappa shape index (κ1) is 10.2. The summed E-state index contributed by atoms with van der Waals surface area (Å²) < 4.78 is 1.71. The monoisotopic (exact) mass is 208 g/mol. The van der Waals surface area contributed by atoms with Gasteiger partial charge in [-0.15, -0.1) is 0 Å². The standard InChI is InChI=1S/C10H16N4O/c1-14-7-11-6-9(14)10(15)13-5-4-12-8-2-3-8/h6-8,12H,2-5H2,1H3,(H,13,15). The highest BCUT2D eigenvalue weighted by atomic mass is 16.1. The molecule has 2 rings (SSSR count). The van der Waals surface area contributed by atoms with Gasteiger partial charge < -0.3 is 15.2 Å². The molecular formula is C10H16N4O. The number of aryl methyl sites for hydroxylation is 1. The molecule has 1 aliphatic carbocycles. The van der Waals surface area contributed by atoms with Crippen LogP contribution in [0.5, 0.6) is 0 Å². The summed E-state index contributed by atoms with van der Waals surface area (Å²) >= 11 is 0. The molecule has 1 aliphatic rings. The van der Waals surface area contributed by atoms with Gasteiger partial charge in [-0.2, -0.15) is 0 Å². The molecule has 82 valence electrons. The van der Waals surface area contributed by atoms with Gasteiger partial charge in [0.25, 0.3) is 5.91 Å². The van der Waals surface area contributed by atoms with Crippen LogP contribution in [-0.2, 0) is 7.05 Å². The molecule has 1 fully saturated rings. The fourth-order valence-corrected chi connectivity index (χ4v) is 1.41. The number of hydrogen-bond acceptors (Lipinski definition) is 3. The maximum Gasteiger partial charge on any atom is 0.269 e. The summed E-state index contributed by atoms with van der Waals surface area (Å²) in [5, 5.41) is 6.18. The van der Waals surface area contributed by atoms with Gasteiger partial charge in [0.1, 0.15) is 5.69 Å². The number of hydrogen-bond donors (Lipinski definition) is 2. The number of carbonyl (C=O) groups excluding carboxylic acids is 1. The van der Waals surface area contributed by atoms with E-state index in [9.17, 15) is 4.79 Å². The number of imidazole rings is 1. The lowest BCUT2D eigenvalue weighted by molar-refractivity contribution is 0.0945. The fraction of sp³-hybridized carbons (Fsp3) is 0.600. The van der Waals surface area contributed by atoms with Crippen molar-refractivity contribution in [3.05, 3.63) is 18.2 Å². The summed E-state index contributed by atoms with van der Waals surface area (Å²) in [4.78, 5) is 15.5. The first-order valence-corrected chi connectivity index (χ1v) is 5.25. The highest BCUT2D eigenvalue weighted by Crippen LogP contribution is 2.17. The van der Waals surface area contributed by atoms with Gasteiger partial charge in [-0.3, -0.25) is 4.79 Å². The van der Waals surface area contributed by atoms with Crippen molar-refractivity contribution in [2.24, 2.45) is 7.05 Å². The molecule has 0 aromatic carbocycles. The molecule has 5 heteroatoms. The largest absolute Gasteiger partial charge is 0.349 e. The summed E-state index contributed by atoms with van der Waals surface area (Å²) in [6.45, 7) is 1.51. The molecule has 0 spiro atoms. The van der Waals surface area contributed by atoms with Crippen molar-refractivity contribution in [1.29, 1.82) is 0 Å². The molecule has 2 N–H and O–H groups in total. The minimum absolute atomic E-state index is 0.0624. The van der Waals surface area contributed by atoms with Gasteiger partial charge in [0.2, 0.25) is 0 Å².